The Kier molecular flexibility index (Phi) is 10.9. The van der Waals surface area contributed by atoms with Gasteiger partial charge in [-0.25, -0.2) is 0 Å². The summed E-state index contributed by atoms with van der Waals surface area (Å²) in [5.41, 5.74) is 2.37. The molecule has 5 nitrogen and oxygen atoms in total. The maximum atomic E-state index is 6.68. The van der Waals surface area contributed by atoms with Gasteiger partial charge in [0.05, 0.1) is 12.2 Å². The Bertz CT molecular complexity index is 818. The van der Waals surface area contributed by atoms with Crippen LogP contribution in [0, 0.1) is 0 Å². The highest BCUT2D eigenvalue weighted by Crippen LogP contribution is 2.31. The van der Waals surface area contributed by atoms with Crippen molar-refractivity contribution in [2.45, 2.75) is 91.3 Å². The summed E-state index contributed by atoms with van der Waals surface area (Å²) >= 11 is 0. The predicted octanol–water partition coefficient (Wildman–Crippen LogP) is 8.18. The Balaban J connectivity index is 2.03. The molecule has 2 aromatic carbocycles. The Morgan fingerprint density at radius 1 is 0.486 bits per heavy atom. The Morgan fingerprint density at radius 3 is 1.06 bits per heavy atom. The normalized spacial score (nSPS) is 15.1. The quantitative estimate of drug-likeness (QED) is 0.222. The molecule has 0 fully saturated rings. The van der Waals surface area contributed by atoms with Gasteiger partial charge in [-0.2, -0.15) is 0 Å². The van der Waals surface area contributed by atoms with E-state index in [1.165, 1.54) is 11.1 Å². The molecule has 35 heavy (non-hydrogen) atoms. The van der Waals surface area contributed by atoms with Crippen LogP contribution in [0.25, 0.3) is 0 Å². The molecule has 0 aliphatic heterocycles. The van der Waals surface area contributed by atoms with E-state index >= 15 is 0 Å². The fraction of sp³-hybridized carbons (Fsp3) is 0.538. The van der Waals surface area contributed by atoms with Gasteiger partial charge in [0.15, 0.2) is 0 Å². The van der Waals surface area contributed by atoms with Crippen molar-refractivity contribution < 1.29 is 21.2 Å². The molecule has 2 rings (SSSR count). The van der Waals surface area contributed by atoms with E-state index in [2.05, 4.69) is 115 Å². The first-order valence-corrected chi connectivity index (χ1v) is 24.0. The number of hydrogen-bond acceptors (Lipinski definition) is 5. The topological polar surface area (TPSA) is 46.2 Å². The van der Waals surface area contributed by atoms with Crippen LogP contribution in [0.1, 0.15) is 50.0 Å². The maximum Gasteiger partial charge on any atom is 0.323 e. The van der Waals surface area contributed by atoms with Crippen molar-refractivity contribution in [1.29, 1.82) is 0 Å². The molecule has 0 spiro atoms. The van der Waals surface area contributed by atoms with Crippen molar-refractivity contribution in [3.63, 3.8) is 0 Å². The van der Waals surface area contributed by atoms with E-state index in [-0.39, 0.29) is 12.2 Å². The monoisotopic (exact) mass is 550 g/mol. The first-order valence-electron chi connectivity index (χ1n) is 12.7. The Hall–Kier alpha value is -0.892. The third-order valence-corrected chi connectivity index (χ3v) is 18.9. The minimum atomic E-state index is -2.53. The second-order valence-electron chi connectivity index (χ2n) is 10.8. The van der Waals surface area contributed by atoms with Crippen molar-refractivity contribution in [1.82, 2.24) is 0 Å². The van der Waals surface area contributed by atoms with E-state index in [1.54, 1.807) is 0 Å². The molecule has 0 radical (unpaired) electrons. The van der Waals surface area contributed by atoms with Gasteiger partial charge in [0.25, 0.3) is 0 Å². The minimum absolute atomic E-state index is 0.0212. The van der Waals surface area contributed by atoms with Crippen LogP contribution in [0.2, 0.25) is 52.4 Å². The highest BCUT2D eigenvalue weighted by atomic mass is 28.5. The molecule has 0 aliphatic carbocycles. The summed E-state index contributed by atoms with van der Waals surface area (Å²) in [4.78, 5) is 0. The average molecular weight is 551 g/mol. The fourth-order valence-electron chi connectivity index (χ4n) is 4.66. The fourth-order valence-corrected chi connectivity index (χ4v) is 22.3. The summed E-state index contributed by atoms with van der Waals surface area (Å²) in [6.07, 6.45) is 1.83. The maximum absolute atomic E-state index is 6.68. The van der Waals surface area contributed by atoms with Gasteiger partial charge in [0.2, 0.25) is 0 Å². The molecule has 0 aliphatic rings. The van der Waals surface area contributed by atoms with E-state index in [0.29, 0.717) is 0 Å². The molecule has 0 aromatic heterocycles. The first kappa shape index (κ1) is 30.3. The van der Waals surface area contributed by atoms with Gasteiger partial charge in [-0.1, -0.05) is 74.5 Å². The predicted molar refractivity (Wildman–Crippen MR) is 154 cm³/mol. The SMILES string of the molecule is CCC(O[Si](C)(C)O[Si](C)(C)O[Si](C)(C)O[Si](C)(C)OC(CC)c1ccccc1)c1ccccc1. The van der Waals surface area contributed by atoms with Crippen LogP contribution in [-0.2, 0) is 21.2 Å². The average Bonchev–Trinajstić information content (AvgIpc) is 2.74. The van der Waals surface area contributed by atoms with Crippen molar-refractivity contribution in [3.05, 3.63) is 71.8 Å². The van der Waals surface area contributed by atoms with Crippen LogP contribution >= 0.6 is 0 Å². The zero-order valence-electron chi connectivity index (χ0n) is 23.4. The van der Waals surface area contributed by atoms with Crippen LogP contribution in [-0.4, -0.2) is 34.2 Å². The van der Waals surface area contributed by atoms with Gasteiger partial charge in [-0.05, 0) is 76.3 Å². The largest absolute Gasteiger partial charge is 0.416 e. The summed E-state index contributed by atoms with van der Waals surface area (Å²) in [7, 11) is -9.97. The highest BCUT2D eigenvalue weighted by molar-refractivity contribution is 6.87. The Labute approximate surface area is 218 Å². The van der Waals surface area contributed by atoms with E-state index < -0.39 is 34.2 Å². The second-order valence-corrected chi connectivity index (χ2v) is 24.9. The van der Waals surface area contributed by atoms with Crippen molar-refractivity contribution in [2.75, 3.05) is 0 Å². The summed E-state index contributed by atoms with van der Waals surface area (Å²) in [6.45, 7) is 21.1. The molecular formula is C26H46O5Si4. The van der Waals surface area contributed by atoms with Gasteiger partial charge in [0.1, 0.15) is 0 Å². The zero-order valence-corrected chi connectivity index (χ0v) is 27.4. The van der Waals surface area contributed by atoms with Crippen molar-refractivity contribution in [3.8, 4) is 0 Å². The van der Waals surface area contributed by atoms with Crippen LogP contribution in [0.3, 0.4) is 0 Å². The van der Waals surface area contributed by atoms with E-state index in [9.17, 15) is 0 Å². The summed E-state index contributed by atoms with van der Waals surface area (Å²) in [5.74, 6) is 0. The third-order valence-electron chi connectivity index (χ3n) is 5.41. The van der Waals surface area contributed by atoms with Crippen LogP contribution < -0.4 is 0 Å². The molecule has 2 aromatic rings. The van der Waals surface area contributed by atoms with Gasteiger partial charge in [0, 0.05) is 0 Å². The van der Waals surface area contributed by atoms with Crippen molar-refractivity contribution in [2.24, 2.45) is 0 Å². The molecule has 9 heteroatoms. The summed E-state index contributed by atoms with van der Waals surface area (Å²) < 4.78 is 33.2. The molecule has 0 amide bonds. The molecule has 0 saturated heterocycles. The van der Waals surface area contributed by atoms with Gasteiger partial charge >= 0.3 is 34.2 Å². The van der Waals surface area contributed by atoms with Gasteiger partial charge in [-0.3, -0.25) is 0 Å². The molecule has 2 unspecified atom stereocenters. The Morgan fingerprint density at radius 2 is 0.771 bits per heavy atom. The van der Waals surface area contributed by atoms with Crippen LogP contribution in [0.15, 0.2) is 60.7 Å². The van der Waals surface area contributed by atoms with Gasteiger partial charge in [-0.15, -0.1) is 0 Å². The van der Waals surface area contributed by atoms with Crippen LogP contribution in [0.4, 0.5) is 0 Å². The highest BCUT2D eigenvalue weighted by Gasteiger charge is 2.45. The third kappa shape index (κ3) is 10.5. The molecule has 0 saturated carbocycles. The second kappa shape index (κ2) is 12.6. The lowest BCUT2D eigenvalue weighted by Crippen LogP contribution is -2.57. The van der Waals surface area contributed by atoms with Crippen molar-refractivity contribution >= 4 is 34.2 Å². The standard InChI is InChI=1S/C26H46O5Si4/c1-11-25(23-19-15-13-16-20-23)27-32(3,4)29-34(7,8)31-35(9,10)30-33(5,6)28-26(12-2)24-21-17-14-18-22-24/h13-22,25-26H,11-12H2,1-10H3. The van der Waals surface area contributed by atoms with E-state index in [0.717, 1.165) is 12.8 Å². The molecule has 2 atom stereocenters. The lowest BCUT2D eigenvalue weighted by atomic mass is 10.1. The summed E-state index contributed by atoms with van der Waals surface area (Å²) in [5, 5.41) is 0. The number of benzene rings is 2. The molecular weight excluding hydrogens is 505 g/mol. The number of rotatable bonds is 14. The summed E-state index contributed by atoms with van der Waals surface area (Å²) in [6, 6.07) is 20.8. The van der Waals surface area contributed by atoms with E-state index in [1.807, 2.05) is 12.1 Å². The van der Waals surface area contributed by atoms with Crippen LogP contribution in [0.5, 0.6) is 0 Å². The molecule has 0 bridgehead atoms. The molecule has 0 N–H and O–H groups in total. The number of hydrogen-bond donors (Lipinski definition) is 0. The zero-order chi connectivity index (χ0) is 26.3. The molecule has 0 heterocycles. The first-order chi connectivity index (χ1) is 16.2. The lowest BCUT2D eigenvalue weighted by molar-refractivity contribution is 0.138. The smallest absolute Gasteiger partial charge is 0.323 e. The molecule has 196 valence electrons. The minimum Gasteiger partial charge on any atom is -0.416 e. The lowest BCUT2D eigenvalue weighted by Gasteiger charge is -2.41. The van der Waals surface area contributed by atoms with Gasteiger partial charge < -0.3 is 21.2 Å². The van der Waals surface area contributed by atoms with E-state index in [4.69, 9.17) is 21.2 Å².